The molecule has 3 rings (SSSR count). The number of benzene rings is 2. The third kappa shape index (κ3) is 5.63. The summed E-state index contributed by atoms with van der Waals surface area (Å²) >= 11 is 12.6. The molecule has 0 aliphatic carbocycles. The first-order valence-corrected chi connectivity index (χ1v) is 10.7. The molecule has 0 spiro atoms. The lowest BCUT2D eigenvalue weighted by molar-refractivity contribution is -0.124. The number of thioether (sulfide) groups is 1. The minimum absolute atomic E-state index is 0.0436. The quantitative estimate of drug-likeness (QED) is 0.378. The SMILES string of the molecule is COc1ccccc1C(=O)NNC(=O)CCN1C(=O)C(=Cc2ccccc2Cl)SC1=S. The lowest BCUT2D eigenvalue weighted by atomic mass is 10.2. The maximum Gasteiger partial charge on any atom is 0.273 e. The Kier molecular flexibility index (Phi) is 7.67. The largest absolute Gasteiger partial charge is 0.496 e. The minimum Gasteiger partial charge on any atom is -0.496 e. The summed E-state index contributed by atoms with van der Waals surface area (Å²) in [4.78, 5) is 38.8. The lowest BCUT2D eigenvalue weighted by Gasteiger charge is -2.14. The van der Waals surface area contributed by atoms with E-state index in [1.165, 1.54) is 12.0 Å². The number of para-hydroxylation sites is 1. The highest BCUT2D eigenvalue weighted by Gasteiger charge is 2.32. The number of nitrogens with one attached hydrogen (secondary N) is 2. The predicted octanol–water partition coefficient (Wildman–Crippen LogP) is 3.40. The summed E-state index contributed by atoms with van der Waals surface area (Å²) in [5.74, 6) is -0.885. The van der Waals surface area contributed by atoms with Gasteiger partial charge in [0.05, 0.1) is 17.6 Å². The summed E-state index contributed by atoms with van der Waals surface area (Å²) < 4.78 is 5.48. The maximum absolute atomic E-state index is 12.7. The molecule has 1 aliphatic heterocycles. The molecule has 10 heteroatoms. The molecule has 1 fully saturated rings. The molecule has 0 radical (unpaired) electrons. The number of thiocarbonyl (C=S) groups is 1. The average molecular weight is 476 g/mol. The number of halogens is 1. The summed E-state index contributed by atoms with van der Waals surface area (Å²) in [6.45, 7) is 0.0842. The summed E-state index contributed by atoms with van der Waals surface area (Å²) in [6, 6.07) is 13.8. The van der Waals surface area contributed by atoms with Crippen LogP contribution in [0.15, 0.2) is 53.4 Å². The summed E-state index contributed by atoms with van der Waals surface area (Å²) in [6.07, 6.45) is 1.63. The van der Waals surface area contributed by atoms with Crippen LogP contribution in [0.4, 0.5) is 0 Å². The predicted molar refractivity (Wildman–Crippen MR) is 125 cm³/mol. The van der Waals surface area contributed by atoms with E-state index < -0.39 is 11.8 Å². The monoisotopic (exact) mass is 475 g/mol. The van der Waals surface area contributed by atoms with Gasteiger partial charge in [0.2, 0.25) is 5.91 Å². The fourth-order valence-corrected chi connectivity index (χ4v) is 4.22. The smallest absolute Gasteiger partial charge is 0.273 e. The first-order valence-electron chi connectivity index (χ1n) is 9.13. The van der Waals surface area contributed by atoms with Crippen molar-refractivity contribution in [3.63, 3.8) is 0 Å². The van der Waals surface area contributed by atoms with Gasteiger partial charge in [-0.2, -0.15) is 0 Å². The van der Waals surface area contributed by atoms with E-state index >= 15 is 0 Å². The summed E-state index contributed by atoms with van der Waals surface area (Å²) in [7, 11) is 1.45. The Morgan fingerprint density at radius 2 is 1.87 bits per heavy atom. The number of ether oxygens (including phenoxy) is 1. The molecule has 2 aromatic rings. The Balaban J connectivity index is 1.54. The number of hydrogen-bond donors (Lipinski definition) is 2. The number of rotatable bonds is 6. The molecule has 3 amide bonds. The van der Waals surface area contributed by atoms with E-state index in [0.717, 1.165) is 11.8 Å². The van der Waals surface area contributed by atoms with Crippen LogP contribution in [0, 0.1) is 0 Å². The van der Waals surface area contributed by atoms with Crippen molar-refractivity contribution in [3.05, 3.63) is 69.6 Å². The molecule has 0 unspecified atom stereocenters. The van der Waals surface area contributed by atoms with Crippen LogP contribution in [-0.2, 0) is 9.59 Å². The molecule has 7 nitrogen and oxygen atoms in total. The molecule has 0 saturated carbocycles. The molecular weight excluding hydrogens is 458 g/mol. The van der Waals surface area contributed by atoms with Gasteiger partial charge in [0.25, 0.3) is 11.8 Å². The second-order valence-electron chi connectivity index (χ2n) is 6.31. The van der Waals surface area contributed by atoms with Crippen molar-refractivity contribution in [2.75, 3.05) is 13.7 Å². The molecule has 2 N–H and O–H groups in total. The van der Waals surface area contributed by atoms with Gasteiger partial charge in [-0.1, -0.05) is 65.9 Å². The van der Waals surface area contributed by atoms with E-state index in [1.807, 2.05) is 6.07 Å². The zero-order valence-electron chi connectivity index (χ0n) is 16.4. The van der Waals surface area contributed by atoms with Crippen LogP contribution in [0.25, 0.3) is 6.08 Å². The maximum atomic E-state index is 12.7. The van der Waals surface area contributed by atoms with Crippen molar-refractivity contribution in [2.45, 2.75) is 6.42 Å². The number of carbonyl (C=O) groups excluding carboxylic acids is 3. The van der Waals surface area contributed by atoms with Crippen LogP contribution in [0.5, 0.6) is 5.75 Å². The van der Waals surface area contributed by atoms with E-state index in [-0.39, 0.29) is 24.4 Å². The van der Waals surface area contributed by atoms with Crippen LogP contribution in [0.1, 0.15) is 22.3 Å². The van der Waals surface area contributed by atoms with Crippen LogP contribution in [0.3, 0.4) is 0 Å². The number of methoxy groups -OCH3 is 1. The van der Waals surface area contributed by atoms with Crippen LogP contribution in [-0.4, -0.2) is 40.6 Å². The molecular formula is C21H18ClN3O4S2. The Morgan fingerprint density at radius 1 is 1.16 bits per heavy atom. The van der Waals surface area contributed by atoms with E-state index in [9.17, 15) is 14.4 Å². The minimum atomic E-state index is -0.515. The Labute approximate surface area is 193 Å². The number of carbonyl (C=O) groups is 3. The summed E-state index contributed by atoms with van der Waals surface area (Å²) in [5, 5.41) is 0.526. The van der Waals surface area contributed by atoms with E-state index in [4.69, 9.17) is 28.6 Å². The fraction of sp³-hybridized carbons (Fsp3) is 0.143. The van der Waals surface area contributed by atoms with Gasteiger partial charge in [-0.25, -0.2) is 0 Å². The highest BCUT2D eigenvalue weighted by atomic mass is 35.5. The van der Waals surface area contributed by atoms with Crippen molar-refractivity contribution in [1.29, 1.82) is 0 Å². The second kappa shape index (κ2) is 10.4. The van der Waals surface area contributed by atoms with Crippen molar-refractivity contribution >= 4 is 63.7 Å². The second-order valence-corrected chi connectivity index (χ2v) is 8.39. The topological polar surface area (TPSA) is 87.7 Å². The van der Waals surface area contributed by atoms with Gasteiger partial charge in [-0.05, 0) is 29.8 Å². The number of amides is 3. The van der Waals surface area contributed by atoms with Crippen LogP contribution >= 0.6 is 35.6 Å². The van der Waals surface area contributed by atoms with Gasteiger partial charge in [0.15, 0.2) is 0 Å². The van der Waals surface area contributed by atoms with Crippen molar-refractivity contribution in [1.82, 2.24) is 15.8 Å². The third-order valence-corrected chi connectivity index (χ3v) is 6.02. The standard InChI is InChI=1S/C21H18ClN3O4S2/c1-29-16-9-5-3-7-14(16)19(27)24-23-18(26)10-11-25-20(28)17(31-21(25)30)12-13-6-2-4-8-15(13)22/h2-9,12H,10-11H2,1H3,(H,23,26)(H,24,27). The van der Waals surface area contributed by atoms with Gasteiger partial charge in [-0.15, -0.1) is 0 Å². The fourth-order valence-electron chi connectivity index (χ4n) is 2.73. The highest BCUT2D eigenvalue weighted by molar-refractivity contribution is 8.26. The zero-order chi connectivity index (χ0) is 22.4. The molecule has 2 aromatic carbocycles. The van der Waals surface area contributed by atoms with Gasteiger partial charge in [-0.3, -0.25) is 30.1 Å². The normalized spacial score (nSPS) is 14.6. The van der Waals surface area contributed by atoms with Gasteiger partial charge >= 0.3 is 0 Å². The Hall–Kier alpha value is -2.88. The average Bonchev–Trinajstić information content (AvgIpc) is 3.04. The van der Waals surface area contributed by atoms with E-state index in [2.05, 4.69) is 10.9 Å². The van der Waals surface area contributed by atoms with Crippen LogP contribution in [0.2, 0.25) is 5.02 Å². The molecule has 0 atom stereocenters. The van der Waals surface area contributed by atoms with Gasteiger partial charge in [0, 0.05) is 18.0 Å². The molecule has 0 bridgehead atoms. The molecule has 0 aromatic heterocycles. The first kappa shape index (κ1) is 22.8. The van der Waals surface area contributed by atoms with Crippen molar-refractivity contribution in [2.24, 2.45) is 0 Å². The van der Waals surface area contributed by atoms with Crippen molar-refractivity contribution < 1.29 is 19.1 Å². The lowest BCUT2D eigenvalue weighted by Crippen LogP contribution is -2.43. The van der Waals surface area contributed by atoms with E-state index in [0.29, 0.717) is 25.6 Å². The van der Waals surface area contributed by atoms with Crippen LogP contribution < -0.4 is 15.6 Å². The number of hydrazine groups is 1. The number of nitrogens with zero attached hydrogens (tertiary/aromatic N) is 1. The Morgan fingerprint density at radius 3 is 2.61 bits per heavy atom. The third-order valence-electron chi connectivity index (χ3n) is 4.29. The zero-order valence-corrected chi connectivity index (χ0v) is 18.8. The highest BCUT2D eigenvalue weighted by Crippen LogP contribution is 2.33. The van der Waals surface area contributed by atoms with E-state index in [1.54, 1.807) is 48.5 Å². The van der Waals surface area contributed by atoms with Crippen molar-refractivity contribution in [3.8, 4) is 5.75 Å². The van der Waals surface area contributed by atoms with Gasteiger partial charge in [0.1, 0.15) is 10.1 Å². The molecule has 1 saturated heterocycles. The molecule has 31 heavy (non-hydrogen) atoms. The van der Waals surface area contributed by atoms with Gasteiger partial charge < -0.3 is 4.74 Å². The Bertz CT molecular complexity index is 1070. The first-order chi connectivity index (χ1) is 14.9. The summed E-state index contributed by atoms with van der Waals surface area (Å²) in [5.41, 5.74) is 5.66. The number of hydrogen-bond acceptors (Lipinski definition) is 6. The molecule has 1 aliphatic rings. The molecule has 160 valence electrons. The molecule has 1 heterocycles.